The number of fused-ring (bicyclic) bond motifs is 1. The van der Waals surface area contributed by atoms with Gasteiger partial charge < -0.3 is 10.2 Å². The van der Waals surface area contributed by atoms with E-state index in [-0.39, 0.29) is 5.91 Å². The van der Waals surface area contributed by atoms with E-state index in [0.29, 0.717) is 13.1 Å². The van der Waals surface area contributed by atoms with Crippen molar-refractivity contribution in [2.24, 2.45) is 0 Å². The van der Waals surface area contributed by atoms with Crippen LogP contribution < -0.4 is 5.32 Å². The van der Waals surface area contributed by atoms with Crippen LogP contribution >= 0.6 is 0 Å². The van der Waals surface area contributed by atoms with Gasteiger partial charge in [0.15, 0.2) is 0 Å². The predicted molar refractivity (Wildman–Crippen MR) is 73.2 cm³/mol. The minimum atomic E-state index is 0.175. The van der Waals surface area contributed by atoms with Crippen LogP contribution in [-0.4, -0.2) is 30.4 Å². The Bertz CT molecular complexity index is 428. The summed E-state index contributed by atoms with van der Waals surface area (Å²) in [5.74, 6) is 0.175. The number of aryl methyl sites for hydroxylation is 1. The van der Waals surface area contributed by atoms with E-state index in [0.717, 1.165) is 25.9 Å². The van der Waals surface area contributed by atoms with Gasteiger partial charge in [0, 0.05) is 19.6 Å². The summed E-state index contributed by atoms with van der Waals surface area (Å²) in [5.41, 5.74) is 2.67. The van der Waals surface area contributed by atoms with E-state index < -0.39 is 0 Å². The molecular weight excluding hydrogens is 224 g/mol. The average Bonchev–Trinajstić information content (AvgIpc) is 2.61. The zero-order valence-electron chi connectivity index (χ0n) is 10.7. The fraction of sp³-hybridized carbons (Fsp3) is 0.400. The topological polar surface area (TPSA) is 32.3 Å². The van der Waals surface area contributed by atoms with E-state index in [2.05, 4.69) is 30.1 Å². The molecule has 0 unspecified atom stereocenters. The Balaban J connectivity index is 1.99. The third kappa shape index (κ3) is 3.20. The first-order valence-corrected chi connectivity index (χ1v) is 6.47. The highest BCUT2D eigenvalue weighted by Crippen LogP contribution is 2.18. The third-order valence-electron chi connectivity index (χ3n) is 3.27. The van der Waals surface area contributed by atoms with Crippen LogP contribution in [-0.2, 0) is 17.8 Å². The van der Waals surface area contributed by atoms with Crippen LogP contribution in [0.15, 0.2) is 36.9 Å². The highest BCUT2D eigenvalue weighted by molar-refractivity contribution is 5.78. The maximum atomic E-state index is 12.1. The Kier molecular flexibility index (Phi) is 4.53. The normalized spacial score (nSPS) is 14.8. The van der Waals surface area contributed by atoms with Gasteiger partial charge >= 0.3 is 0 Å². The van der Waals surface area contributed by atoms with Crippen molar-refractivity contribution in [1.82, 2.24) is 10.2 Å². The Hall–Kier alpha value is -1.61. The monoisotopic (exact) mass is 244 g/mol. The van der Waals surface area contributed by atoms with Gasteiger partial charge in [-0.25, -0.2) is 0 Å². The van der Waals surface area contributed by atoms with Crippen molar-refractivity contribution in [3.8, 4) is 0 Å². The van der Waals surface area contributed by atoms with E-state index in [1.807, 2.05) is 11.0 Å². The van der Waals surface area contributed by atoms with Crippen LogP contribution in [0.1, 0.15) is 17.5 Å². The molecule has 1 aromatic carbocycles. The highest BCUT2D eigenvalue weighted by Gasteiger charge is 2.17. The molecule has 3 heteroatoms. The summed E-state index contributed by atoms with van der Waals surface area (Å²) in [5, 5.41) is 3.07. The van der Waals surface area contributed by atoms with E-state index in [1.165, 1.54) is 11.1 Å². The van der Waals surface area contributed by atoms with E-state index in [4.69, 9.17) is 0 Å². The van der Waals surface area contributed by atoms with Crippen LogP contribution in [0.5, 0.6) is 0 Å². The maximum Gasteiger partial charge on any atom is 0.236 e. The quantitative estimate of drug-likeness (QED) is 0.646. The zero-order chi connectivity index (χ0) is 12.8. The maximum absolute atomic E-state index is 12.1. The van der Waals surface area contributed by atoms with Crippen LogP contribution in [0, 0.1) is 0 Å². The molecule has 1 heterocycles. The molecule has 1 aliphatic heterocycles. The molecule has 0 bridgehead atoms. The van der Waals surface area contributed by atoms with Gasteiger partial charge in [-0.1, -0.05) is 30.3 Å². The van der Waals surface area contributed by atoms with E-state index in [1.54, 1.807) is 6.08 Å². The minimum absolute atomic E-state index is 0.175. The molecule has 3 nitrogen and oxygen atoms in total. The summed E-state index contributed by atoms with van der Waals surface area (Å²) in [6.07, 6.45) is 3.88. The predicted octanol–water partition coefficient (Wildman–Crippen LogP) is 1.74. The standard InChI is InChI=1S/C15H20N2O/c1-2-9-16-11-15(18)17-10-5-8-13-6-3-4-7-14(13)12-17/h2-4,6-7,16H,1,5,8-12H2. The van der Waals surface area contributed by atoms with Crippen LogP contribution in [0.25, 0.3) is 0 Å². The van der Waals surface area contributed by atoms with Crippen LogP contribution in [0.4, 0.5) is 0 Å². The first-order valence-electron chi connectivity index (χ1n) is 6.47. The molecule has 96 valence electrons. The molecule has 0 radical (unpaired) electrons. The molecule has 0 fully saturated rings. The Morgan fingerprint density at radius 1 is 1.39 bits per heavy atom. The van der Waals surface area contributed by atoms with Gasteiger partial charge in [0.1, 0.15) is 0 Å². The first-order chi connectivity index (χ1) is 8.81. The van der Waals surface area contributed by atoms with Crippen molar-refractivity contribution >= 4 is 5.91 Å². The van der Waals surface area contributed by atoms with Gasteiger partial charge in [-0.05, 0) is 24.0 Å². The molecule has 1 N–H and O–H groups in total. The fourth-order valence-electron chi connectivity index (χ4n) is 2.31. The molecule has 18 heavy (non-hydrogen) atoms. The van der Waals surface area contributed by atoms with Gasteiger partial charge in [0.2, 0.25) is 5.91 Å². The van der Waals surface area contributed by atoms with Crippen molar-refractivity contribution in [2.75, 3.05) is 19.6 Å². The van der Waals surface area contributed by atoms with Crippen molar-refractivity contribution < 1.29 is 4.79 Å². The van der Waals surface area contributed by atoms with Crippen molar-refractivity contribution in [3.05, 3.63) is 48.0 Å². The van der Waals surface area contributed by atoms with Crippen molar-refractivity contribution in [1.29, 1.82) is 0 Å². The van der Waals surface area contributed by atoms with Crippen molar-refractivity contribution in [2.45, 2.75) is 19.4 Å². The Morgan fingerprint density at radius 2 is 2.17 bits per heavy atom. The SMILES string of the molecule is C=CCNCC(=O)N1CCCc2ccccc2C1. The van der Waals surface area contributed by atoms with Gasteiger partial charge in [-0.2, -0.15) is 0 Å². The molecule has 0 atom stereocenters. The number of carbonyl (C=O) groups is 1. The van der Waals surface area contributed by atoms with E-state index in [9.17, 15) is 4.79 Å². The summed E-state index contributed by atoms with van der Waals surface area (Å²) in [6, 6.07) is 8.40. The number of nitrogens with one attached hydrogen (secondary N) is 1. The average molecular weight is 244 g/mol. The summed E-state index contributed by atoms with van der Waals surface area (Å²) >= 11 is 0. The number of nitrogens with zero attached hydrogens (tertiary/aromatic N) is 1. The second-order valence-electron chi connectivity index (χ2n) is 4.61. The number of rotatable bonds is 4. The summed E-state index contributed by atoms with van der Waals surface area (Å²) in [7, 11) is 0. The lowest BCUT2D eigenvalue weighted by Crippen LogP contribution is -2.37. The second kappa shape index (κ2) is 6.36. The number of carbonyl (C=O) groups excluding carboxylic acids is 1. The zero-order valence-corrected chi connectivity index (χ0v) is 10.7. The molecule has 1 aliphatic rings. The van der Waals surface area contributed by atoms with E-state index >= 15 is 0 Å². The molecule has 1 amide bonds. The summed E-state index contributed by atoms with van der Waals surface area (Å²) in [6.45, 7) is 6.29. The lowest BCUT2D eigenvalue weighted by molar-refractivity contribution is -0.130. The van der Waals surface area contributed by atoms with Gasteiger partial charge in [0.05, 0.1) is 6.54 Å². The molecule has 0 saturated heterocycles. The number of hydrogen-bond donors (Lipinski definition) is 1. The molecule has 1 aromatic rings. The molecule has 0 spiro atoms. The Labute approximate surface area is 108 Å². The molecular formula is C15H20N2O. The minimum Gasteiger partial charge on any atom is -0.337 e. The molecule has 0 aromatic heterocycles. The van der Waals surface area contributed by atoms with Crippen LogP contribution in [0.3, 0.4) is 0 Å². The molecule has 0 saturated carbocycles. The number of hydrogen-bond acceptors (Lipinski definition) is 2. The molecule has 0 aliphatic carbocycles. The summed E-state index contributed by atoms with van der Waals surface area (Å²) in [4.78, 5) is 14.0. The van der Waals surface area contributed by atoms with Gasteiger partial charge in [-0.15, -0.1) is 6.58 Å². The smallest absolute Gasteiger partial charge is 0.236 e. The van der Waals surface area contributed by atoms with Gasteiger partial charge in [-0.3, -0.25) is 4.79 Å². The molecule has 2 rings (SSSR count). The summed E-state index contributed by atoms with van der Waals surface area (Å²) < 4.78 is 0. The van der Waals surface area contributed by atoms with Crippen LogP contribution in [0.2, 0.25) is 0 Å². The second-order valence-corrected chi connectivity index (χ2v) is 4.61. The highest BCUT2D eigenvalue weighted by atomic mass is 16.2. The number of amides is 1. The van der Waals surface area contributed by atoms with Gasteiger partial charge in [0.25, 0.3) is 0 Å². The lowest BCUT2D eigenvalue weighted by atomic mass is 10.0. The largest absolute Gasteiger partial charge is 0.337 e. The third-order valence-corrected chi connectivity index (χ3v) is 3.27. The van der Waals surface area contributed by atoms with Crippen molar-refractivity contribution in [3.63, 3.8) is 0 Å². The fourth-order valence-corrected chi connectivity index (χ4v) is 2.31. The lowest BCUT2D eigenvalue weighted by Gasteiger charge is -2.21. The first kappa shape index (κ1) is 12.8. The Morgan fingerprint density at radius 3 is 2.94 bits per heavy atom. The number of benzene rings is 1.